The molecule has 2 aromatic carbocycles. The fourth-order valence-electron chi connectivity index (χ4n) is 3.98. The molecule has 0 spiro atoms. The first-order valence-corrected chi connectivity index (χ1v) is 11.9. The Hall–Kier alpha value is -4.32. The third kappa shape index (κ3) is 6.88. The number of nitrogens with zero attached hydrogens (tertiary/aromatic N) is 3. The maximum Gasteiger partial charge on any atom is 0.573 e. The molecule has 0 aliphatic carbocycles. The first kappa shape index (κ1) is 29.7. The molecular weight excluding hydrogens is 561 g/mol. The number of hydrogen-bond acceptors (Lipinski definition) is 11. The molecule has 0 bridgehead atoms. The van der Waals surface area contributed by atoms with Crippen LogP contribution in [0, 0.1) is 0 Å². The lowest BCUT2D eigenvalue weighted by Gasteiger charge is -2.38. The van der Waals surface area contributed by atoms with Crippen LogP contribution in [0.1, 0.15) is 18.5 Å². The zero-order chi connectivity index (χ0) is 30.1. The Balaban J connectivity index is 1.42. The maximum absolute atomic E-state index is 12.9. The summed E-state index contributed by atoms with van der Waals surface area (Å²) in [5.74, 6) is -2.69. The molecule has 1 fully saturated rings. The number of carbonyl (C=O) groups excluding carboxylic acids is 1. The van der Waals surface area contributed by atoms with E-state index in [2.05, 4.69) is 20.4 Å². The van der Waals surface area contributed by atoms with Crippen LogP contribution in [0.3, 0.4) is 0 Å². The minimum Gasteiger partial charge on any atom is -0.479 e. The SMILES string of the molecule is CC(NC(=O)Cn1nnc2cc(O[C@H]3O[C@H](C(=O)O)[C@@H](O)[C@H](O)[C@H]3O)ccc2c1=O)c1ccc(OC(F)(F)F)cc1. The van der Waals surface area contributed by atoms with Crippen molar-refractivity contribution in [2.75, 3.05) is 0 Å². The fourth-order valence-corrected chi connectivity index (χ4v) is 3.98. The van der Waals surface area contributed by atoms with Gasteiger partial charge in [0.1, 0.15) is 41.9 Å². The van der Waals surface area contributed by atoms with Crippen LogP contribution >= 0.6 is 0 Å². The van der Waals surface area contributed by atoms with Crippen LogP contribution in [0.5, 0.6) is 11.5 Å². The number of aliphatic hydroxyl groups excluding tert-OH is 3. The summed E-state index contributed by atoms with van der Waals surface area (Å²) >= 11 is 0. The molecule has 0 radical (unpaired) electrons. The van der Waals surface area contributed by atoms with E-state index in [0.717, 1.165) is 16.8 Å². The number of carbonyl (C=O) groups is 2. The maximum atomic E-state index is 12.9. The van der Waals surface area contributed by atoms with Crippen molar-refractivity contribution < 1.29 is 57.4 Å². The summed E-state index contributed by atoms with van der Waals surface area (Å²) in [5.41, 5.74) is -0.211. The molecule has 1 unspecified atom stereocenters. The topological polar surface area (TPSA) is 203 Å². The summed E-state index contributed by atoms with van der Waals surface area (Å²) in [7, 11) is 0. The first-order chi connectivity index (χ1) is 19.2. The molecule has 1 aliphatic heterocycles. The number of aliphatic hydroxyl groups is 3. The van der Waals surface area contributed by atoms with Crippen LogP contribution in [0.4, 0.5) is 13.2 Å². The molecular formula is C24H23F3N4O10. The number of amides is 1. The van der Waals surface area contributed by atoms with Crippen molar-refractivity contribution in [3.8, 4) is 11.5 Å². The molecule has 14 nitrogen and oxygen atoms in total. The number of carboxylic acids is 1. The van der Waals surface area contributed by atoms with Crippen LogP contribution in [0.25, 0.3) is 10.9 Å². The van der Waals surface area contributed by atoms with Gasteiger partial charge in [0.15, 0.2) is 6.10 Å². The molecule has 4 rings (SSSR count). The van der Waals surface area contributed by atoms with Gasteiger partial charge < -0.3 is 40.0 Å². The van der Waals surface area contributed by atoms with E-state index < -0.39 is 72.8 Å². The van der Waals surface area contributed by atoms with E-state index in [1.54, 1.807) is 6.92 Å². The van der Waals surface area contributed by atoms with Gasteiger partial charge in [-0.2, -0.15) is 0 Å². The number of nitrogens with one attached hydrogen (secondary N) is 1. The van der Waals surface area contributed by atoms with Crippen LogP contribution in [0.15, 0.2) is 47.3 Å². The Morgan fingerprint density at radius 2 is 1.73 bits per heavy atom. The molecule has 1 aromatic heterocycles. The highest BCUT2D eigenvalue weighted by molar-refractivity contribution is 5.79. The quantitative estimate of drug-likeness (QED) is 0.234. The lowest BCUT2D eigenvalue weighted by Crippen LogP contribution is -2.61. The number of hydrogen-bond donors (Lipinski definition) is 5. The van der Waals surface area contributed by atoms with Gasteiger partial charge in [-0.05, 0) is 36.8 Å². The minimum atomic E-state index is -4.84. The van der Waals surface area contributed by atoms with Crippen LogP contribution in [-0.2, 0) is 20.9 Å². The Morgan fingerprint density at radius 3 is 2.37 bits per heavy atom. The highest BCUT2D eigenvalue weighted by atomic mass is 19.4. The standard InChI is InChI=1S/C24H23F3N4O10/c1-10(11-2-4-12(5-3-11)41-24(25,26)27)28-16(32)9-31-21(36)14-7-6-13(8-15(14)29-30-31)39-23-19(35)17(33)18(34)20(40-23)22(37)38/h2-8,10,17-20,23,33-35H,9H2,1H3,(H,28,32)(H,37,38)/t10?,17-,18-,19+,20-,23-/m0/s1. The van der Waals surface area contributed by atoms with Crippen LogP contribution in [0.2, 0.25) is 0 Å². The second kappa shape index (κ2) is 11.7. The van der Waals surface area contributed by atoms with E-state index in [1.165, 1.54) is 30.3 Å². The molecule has 41 heavy (non-hydrogen) atoms. The summed E-state index contributed by atoms with van der Waals surface area (Å²) in [6.45, 7) is 1.05. The first-order valence-electron chi connectivity index (χ1n) is 11.9. The van der Waals surface area contributed by atoms with Gasteiger partial charge in [-0.15, -0.1) is 18.3 Å². The smallest absolute Gasteiger partial charge is 0.479 e. The third-order valence-electron chi connectivity index (χ3n) is 6.04. The number of ether oxygens (including phenoxy) is 3. The predicted molar refractivity (Wildman–Crippen MR) is 128 cm³/mol. The van der Waals surface area contributed by atoms with Crippen molar-refractivity contribution in [1.82, 2.24) is 20.3 Å². The van der Waals surface area contributed by atoms with Gasteiger partial charge >= 0.3 is 12.3 Å². The van der Waals surface area contributed by atoms with Gasteiger partial charge in [0.2, 0.25) is 12.2 Å². The summed E-state index contributed by atoms with van der Waals surface area (Å²) in [4.78, 5) is 36.6. The molecule has 2 heterocycles. The Morgan fingerprint density at radius 1 is 1.07 bits per heavy atom. The van der Waals surface area contributed by atoms with Gasteiger partial charge in [-0.25, -0.2) is 9.48 Å². The number of aliphatic carboxylic acids is 1. The van der Waals surface area contributed by atoms with E-state index in [1.807, 2.05) is 0 Å². The zero-order valence-electron chi connectivity index (χ0n) is 20.9. The van der Waals surface area contributed by atoms with E-state index >= 15 is 0 Å². The van der Waals surface area contributed by atoms with Crippen LogP contribution < -0.4 is 20.3 Å². The van der Waals surface area contributed by atoms with E-state index in [-0.39, 0.29) is 16.7 Å². The number of alkyl halides is 3. The van der Waals surface area contributed by atoms with Gasteiger partial charge in [-0.3, -0.25) is 9.59 Å². The summed E-state index contributed by atoms with van der Waals surface area (Å²) in [6, 6.07) is 8.02. The lowest BCUT2D eigenvalue weighted by molar-refractivity contribution is -0.274. The van der Waals surface area contributed by atoms with Gasteiger partial charge in [0, 0.05) is 6.07 Å². The molecule has 0 saturated carbocycles. The molecule has 220 valence electrons. The number of benzene rings is 2. The molecule has 1 amide bonds. The molecule has 3 aromatic rings. The van der Waals surface area contributed by atoms with Gasteiger partial charge in [0.05, 0.1) is 11.4 Å². The number of carboxylic acid groups (broad SMARTS) is 1. The number of aromatic nitrogens is 3. The predicted octanol–water partition coefficient (Wildman–Crippen LogP) is -0.161. The summed E-state index contributed by atoms with van der Waals surface area (Å²) in [5, 5.41) is 49.2. The number of halogens is 3. The molecule has 1 aliphatic rings. The van der Waals surface area contributed by atoms with Crippen molar-refractivity contribution in [1.29, 1.82) is 0 Å². The largest absolute Gasteiger partial charge is 0.573 e. The van der Waals surface area contributed by atoms with Crippen molar-refractivity contribution in [2.45, 2.75) is 56.6 Å². The Labute approximate surface area is 227 Å². The summed E-state index contributed by atoms with van der Waals surface area (Å²) in [6.07, 6.45) is -14.0. The van der Waals surface area contributed by atoms with Crippen molar-refractivity contribution in [3.63, 3.8) is 0 Å². The van der Waals surface area contributed by atoms with Crippen molar-refractivity contribution in [2.24, 2.45) is 0 Å². The van der Waals surface area contributed by atoms with Gasteiger partial charge in [-0.1, -0.05) is 17.3 Å². The zero-order valence-corrected chi connectivity index (χ0v) is 20.9. The second-order valence-electron chi connectivity index (χ2n) is 8.99. The van der Waals surface area contributed by atoms with Gasteiger partial charge in [0.25, 0.3) is 5.56 Å². The average Bonchev–Trinajstić information content (AvgIpc) is 2.90. The highest BCUT2D eigenvalue weighted by Crippen LogP contribution is 2.26. The third-order valence-corrected chi connectivity index (χ3v) is 6.04. The Kier molecular flexibility index (Phi) is 8.43. The van der Waals surface area contributed by atoms with Crippen molar-refractivity contribution in [3.05, 3.63) is 58.4 Å². The van der Waals surface area contributed by atoms with E-state index in [9.17, 15) is 42.9 Å². The van der Waals surface area contributed by atoms with Crippen molar-refractivity contribution >= 4 is 22.8 Å². The average molecular weight is 584 g/mol. The van der Waals surface area contributed by atoms with E-state index in [0.29, 0.717) is 5.56 Å². The Bertz CT molecular complexity index is 1480. The monoisotopic (exact) mass is 584 g/mol. The number of rotatable bonds is 8. The fraction of sp³-hybridized carbons (Fsp3) is 0.375. The normalized spacial score (nSPS) is 23.5. The van der Waals surface area contributed by atoms with E-state index in [4.69, 9.17) is 14.6 Å². The summed E-state index contributed by atoms with van der Waals surface area (Å²) < 4.78 is 52.0. The van der Waals surface area contributed by atoms with Crippen LogP contribution in [-0.4, -0.2) is 84.4 Å². The molecule has 6 atom stereocenters. The molecule has 1 saturated heterocycles. The molecule has 5 N–H and O–H groups in total. The number of fused-ring (bicyclic) bond motifs is 1. The second-order valence-corrected chi connectivity index (χ2v) is 8.99. The highest BCUT2D eigenvalue weighted by Gasteiger charge is 2.48. The lowest BCUT2D eigenvalue weighted by atomic mass is 9.99. The minimum absolute atomic E-state index is 0.0133. The molecule has 17 heteroatoms.